The van der Waals surface area contributed by atoms with Gasteiger partial charge in [0, 0.05) is 36.4 Å². The number of amides is 1. The minimum atomic E-state index is -0.376. The van der Waals surface area contributed by atoms with E-state index in [9.17, 15) is 4.79 Å². The normalized spacial score (nSPS) is 24.7. The first-order valence-corrected chi connectivity index (χ1v) is 5.97. The minimum Gasteiger partial charge on any atom is -0.368 e. The number of anilines is 1. The summed E-state index contributed by atoms with van der Waals surface area (Å²) >= 11 is 0. The van der Waals surface area contributed by atoms with Crippen molar-refractivity contribution in [3.05, 3.63) is 29.8 Å². The molecule has 2 rings (SSSR count). The van der Waals surface area contributed by atoms with Gasteiger partial charge >= 0.3 is 0 Å². The van der Waals surface area contributed by atoms with Gasteiger partial charge in [-0.1, -0.05) is 0 Å². The van der Waals surface area contributed by atoms with E-state index >= 15 is 0 Å². The molecule has 1 amide bonds. The average molecular weight is 233 g/mol. The molecule has 2 atom stereocenters. The number of nitrogens with one attached hydrogen (secondary N) is 1. The molecule has 1 heterocycles. The van der Waals surface area contributed by atoms with Crippen LogP contribution in [-0.2, 0) is 0 Å². The molecule has 92 valence electrons. The van der Waals surface area contributed by atoms with Crippen molar-refractivity contribution in [2.24, 2.45) is 5.73 Å². The molecule has 17 heavy (non-hydrogen) atoms. The van der Waals surface area contributed by atoms with Crippen LogP contribution in [0, 0.1) is 0 Å². The van der Waals surface area contributed by atoms with E-state index in [1.165, 1.54) is 0 Å². The lowest BCUT2D eigenvalue weighted by Gasteiger charge is -2.37. The molecular formula is C13H19N3O. The van der Waals surface area contributed by atoms with E-state index in [-0.39, 0.29) is 5.91 Å². The molecule has 0 aromatic heterocycles. The molecule has 1 aromatic rings. The molecule has 1 aliphatic heterocycles. The Morgan fingerprint density at radius 2 is 1.76 bits per heavy atom. The van der Waals surface area contributed by atoms with Crippen LogP contribution < -0.4 is 16.0 Å². The number of hydrogen-bond acceptors (Lipinski definition) is 3. The van der Waals surface area contributed by atoms with E-state index in [0.29, 0.717) is 17.6 Å². The Hall–Kier alpha value is -1.55. The van der Waals surface area contributed by atoms with Crippen LogP contribution >= 0.6 is 0 Å². The van der Waals surface area contributed by atoms with Crippen LogP contribution in [0.3, 0.4) is 0 Å². The number of rotatable bonds is 2. The Morgan fingerprint density at radius 3 is 2.24 bits per heavy atom. The minimum absolute atomic E-state index is 0.376. The number of piperazine rings is 1. The van der Waals surface area contributed by atoms with E-state index in [0.717, 1.165) is 18.8 Å². The second-order valence-corrected chi connectivity index (χ2v) is 4.78. The molecule has 0 bridgehead atoms. The molecule has 0 spiro atoms. The van der Waals surface area contributed by atoms with Crippen molar-refractivity contribution < 1.29 is 4.79 Å². The van der Waals surface area contributed by atoms with Crippen molar-refractivity contribution in [3.63, 3.8) is 0 Å². The van der Waals surface area contributed by atoms with Gasteiger partial charge in [-0.25, -0.2) is 0 Å². The fourth-order valence-corrected chi connectivity index (χ4v) is 2.37. The molecule has 0 radical (unpaired) electrons. The van der Waals surface area contributed by atoms with E-state index < -0.39 is 0 Å². The Bertz CT molecular complexity index is 392. The van der Waals surface area contributed by atoms with E-state index in [1.54, 1.807) is 12.1 Å². The van der Waals surface area contributed by atoms with Gasteiger partial charge in [0.15, 0.2) is 0 Å². The summed E-state index contributed by atoms with van der Waals surface area (Å²) in [7, 11) is 0. The summed E-state index contributed by atoms with van der Waals surface area (Å²) in [6.07, 6.45) is 0. The number of benzene rings is 1. The Labute approximate surface area is 102 Å². The first-order valence-electron chi connectivity index (χ1n) is 5.97. The quantitative estimate of drug-likeness (QED) is 0.800. The van der Waals surface area contributed by atoms with Crippen molar-refractivity contribution in [2.75, 3.05) is 18.0 Å². The van der Waals surface area contributed by atoms with Gasteiger partial charge < -0.3 is 16.0 Å². The molecule has 1 aromatic carbocycles. The molecule has 2 unspecified atom stereocenters. The lowest BCUT2D eigenvalue weighted by molar-refractivity contribution is 0.100. The van der Waals surface area contributed by atoms with Gasteiger partial charge in [0.2, 0.25) is 5.91 Å². The van der Waals surface area contributed by atoms with Gasteiger partial charge in [0.25, 0.3) is 0 Å². The summed E-state index contributed by atoms with van der Waals surface area (Å²) in [5.74, 6) is -0.376. The van der Waals surface area contributed by atoms with Crippen molar-refractivity contribution in [3.8, 4) is 0 Å². The summed E-state index contributed by atoms with van der Waals surface area (Å²) in [4.78, 5) is 13.3. The molecule has 0 aliphatic carbocycles. The van der Waals surface area contributed by atoms with Crippen LogP contribution in [0.1, 0.15) is 24.2 Å². The highest BCUT2D eigenvalue weighted by Crippen LogP contribution is 2.18. The van der Waals surface area contributed by atoms with Crippen LogP contribution in [0.25, 0.3) is 0 Å². The summed E-state index contributed by atoms with van der Waals surface area (Å²) in [6, 6.07) is 8.46. The predicted octanol–water partition coefficient (Wildman–Crippen LogP) is 0.972. The third-order valence-corrected chi connectivity index (χ3v) is 3.07. The molecule has 3 N–H and O–H groups in total. The van der Waals surface area contributed by atoms with Gasteiger partial charge in [0.05, 0.1) is 0 Å². The Kier molecular flexibility index (Phi) is 3.33. The third kappa shape index (κ3) is 2.77. The second kappa shape index (κ2) is 4.75. The van der Waals surface area contributed by atoms with Crippen LogP contribution in [0.15, 0.2) is 24.3 Å². The number of carbonyl (C=O) groups is 1. The van der Waals surface area contributed by atoms with Gasteiger partial charge in [-0.2, -0.15) is 0 Å². The number of nitrogens with zero attached hydrogens (tertiary/aromatic N) is 1. The summed E-state index contributed by atoms with van der Waals surface area (Å²) in [5.41, 5.74) is 6.93. The average Bonchev–Trinajstić information content (AvgIpc) is 2.28. The topological polar surface area (TPSA) is 58.4 Å². The number of primary amides is 1. The van der Waals surface area contributed by atoms with E-state index in [4.69, 9.17) is 5.73 Å². The van der Waals surface area contributed by atoms with Crippen molar-refractivity contribution in [1.29, 1.82) is 0 Å². The van der Waals surface area contributed by atoms with Gasteiger partial charge in [-0.05, 0) is 38.1 Å². The Balaban J connectivity index is 2.14. The largest absolute Gasteiger partial charge is 0.368 e. The zero-order valence-electron chi connectivity index (χ0n) is 10.3. The van der Waals surface area contributed by atoms with Gasteiger partial charge in [-0.15, -0.1) is 0 Å². The molecule has 4 nitrogen and oxygen atoms in total. The standard InChI is InChI=1S/C13H19N3O/c1-9-7-16(8-10(2)15-9)12-5-3-11(4-6-12)13(14)17/h3-6,9-10,15H,7-8H2,1-2H3,(H2,14,17). The molecular weight excluding hydrogens is 214 g/mol. The highest BCUT2D eigenvalue weighted by atomic mass is 16.1. The fraction of sp³-hybridized carbons (Fsp3) is 0.462. The van der Waals surface area contributed by atoms with Crippen LogP contribution in [0.4, 0.5) is 5.69 Å². The highest BCUT2D eigenvalue weighted by Gasteiger charge is 2.20. The predicted molar refractivity (Wildman–Crippen MR) is 69.2 cm³/mol. The Morgan fingerprint density at radius 1 is 1.24 bits per heavy atom. The van der Waals surface area contributed by atoms with Crippen molar-refractivity contribution in [1.82, 2.24) is 5.32 Å². The maximum absolute atomic E-state index is 11.0. The van der Waals surface area contributed by atoms with Gasteiger partial charge in [0.1, 0.15) is 0 Å². The molecule has 1 saturated heterocycles. The first-order chi connectivity index (χ1) is 8.06. The molecule has 4 heteroatoms. The SMILES string of the molecule is CC1CN(c2ccc(C(N)=O)cc2)CC(C)N1. The van der Waals surface area contributed by atoms with Crippen molar-refractivity contribution >= 4 is 11.6 Å². The smallest absolute Gasteiger partial charge is 0.248 e. The maximum Gasteiger partial charge on any atom is 0.248 e. The third-order valence-electron chi connectivity index (χ3n) is 3.07. The van der Waals surface area contributed by atoms with Crippen LogP contribution in [0.5, 0.6) is 0 Å². The second-order valence-electron chi connectivity index (χ2n) is 4.78. The number of carbonyl (C=O) groups excluding carboxylic acids is 1. The molecule has 1 aliphatic rings. The number of hydrogen-bond donors (Lipinski definition) is 2. The highest BCUT2D eigenvalue weighted by molar-refractivity contribution is 5.93. The van der Waals surface area contributed by atoms with Crippen LogP contribution in [0.2, 0.25) is 0 Å². The molecule has 0 saturated carbocycles. The zero-order chi connectivity index (χ0) is 12.4. The van der Waals surface area contributed by atoms with E-state index in [2.05, 4.69) is 24.1 Å². The maximum atomic E-state index is 11.0. The fourth-order valence-electron chi connectivity index (χ4n) is 2.37. The lowest BCUT2D eigenvalue weighted by Crippen LogP contribution is -2.54. The van der Waals surface area contributed by atoms with E-state index in [1.807, 2.05) is 12.1 Å². The zero-order valence-corrected chi connectivity index (χ0v) is 10.3. The van der Waals surface area contributed by atoms with Gasteiger partial charge in [-0.3, -0.25) is 4.79 Å². The number of nitrogens with two attached hydrogens (primary N) is 1. The summed E-state index contributed by atoms with van der Waals surface area (Å²) in [5, 5.41) is 3.49. The monoisotopic (exact) mass is 233 g/mol. The molecule has 1 fully saturated rings. The summed E-state index contributed by atoms with van der Waals surface area (Å²) < 4.78 is 0. The van der Waals surface area contributed by atoms with Crippen LogP contribution in [-0.4, -0.2) is 31.1 Å². The summed E-state index contributed by atoms with van der Waals surface area (Å²) in [6.45, 7) is 6.33. The lowest BCUT2D eigenvalue weighted by atomic mass is 10.1. The van der Waals surface area contributed by atoms with Crippen molar-refractivity contribution in [2.45, 2.75) is 25.9 Å². The first kappa shape index (κ1) is 11.9.